The number of halogens is 1. The Labute approximate surface area is 225 Å². The molecule has 0 saturated carbocycles. The maximum absolute atomic E-state index is 13.4. The van der Waals surface area contributed by atoms with Crippen LogP contribution in [-0.4, -0.2) is 52.5 Å². The largest absolute Gasteiger partial charge is 0.480 e. The number of carboxylic acids is 1. The zero-order valence-corrected chi connectivity index (χ0v) is 22.1. The zero-order chi connectivity index (χ0) is 27.7. The fourth-order valence-corrected chi connectivity index (χ4v) is 4.56. The fourth-order valence-electron chi connectivity index (χ4n) is 4.19. The van der Waals surface area contributed by atoms with Gasteiger partial charge in [0.1, 0.15) is 5.82 Å². The van der Waals surface area contributed by atoms with Crippen molar-refractivity contribution in [1.82, 2.24) is 15.0 Å². The van der Waals surface area contributed by atoms with Crippen molar-refractivity contribution in [2.75, 3.05) is 23.0 Å². The average molecular weight is 548 g/mol. The van der Waals surface area contributed by atoms with Gasteiger partial charge in [-0.15, -0.1) is 0 Å². The van der Waals surface area contributed by atoms with Crippen LogP contribution in [-0.2, 0) is 27.6 Å². The summed E-state index contributed by atoms with van der Waals surface area (Å²) >= 11 is 0. The van der Waals surface area contributed by atoms with E-state index >= 15 is 0 Å². The molecule has 39 heavy (non-hydrogen) atoms. The first-order chi connectivity index (χ1) is 18.6. The Kier molecular flexibility index (Phi) is 7.00. The Morgan fingerprint density at radius 3 is 2.26 bits per heavy atom. The van der Waals surface area contributed by atoms with Gasteiger partial charge in [-0.25, -0.2) is 12.8 Å². The molecule has 1 aliphatic heterocycles. The molecule has 9 nitrogen and oxygen atoms in total. The van der Waals surface area contributed by atoms with E-state index in [-0.39, 0.29) is 5.82 Å². The molecule has 0 bridgehead atoms. The van der Waals surface area contributed by atoms with Gasteiger partial charge in [0, 0.05) is 36.0 Å². The van der Waals surface area contributed by atoms with Gasteiger partial charge in [0.2, 0.25) is 11.9 Å². The van der Waals surface area contributed by atoms with Crippen molar-refractivity contribution >= 4 is 33.4 Å². The van der Waals surface area contributed by atoms with Gasteiger partial charge < -0.3 is 15.3 Å². The molecule has 6 rings (SSSR count). The van der Waals surface area contributed by atoms with Crippen molar-refractivity contribution in [3.63, 3.8) is 0 Å². The number of nitrogens with zero attached hydrogens (tertiary/aromatic N) is 4. The highest BCUT2D eigenvalue weighted by Crippen LogP contribution is 2.49. The Morgan fingerprint density at radius 2 is 1.64 bits per heavy atom. The molecule has 3 aromatic rings. The third kappa shape index (κ3) is 5.88. The lowest BCUT2D eigenvalue weighted by Gasteiger charge is -2.29. The summed E-state index contributed by atoms with van der Waals surface area (Å²) in [6.07, 6.45) is 1.84. The Balaban J connectivity index is 0.000000298. The normalized spacial score (nSPS) is 14.0. The van der Waals surface area contributed by atoms with E-state index in [1.165, 1.54) is 34.4 Å². The molecule has 2 aromatic carbocycles. The molecule has 0 saturated heterocycles. The number of carbonyl (C=O) groups is 1. The van der Waals surface area contributed by atoms with Crippen LogP contribution >= 0.6 is 0 Å². The van der Waals surface area contributed by atoms with Crippen molar-refractivity contribution in [3.8, 4) is 22.5 Å². The van der Waals surface area contributed by atoms with E-state index in [1.807, 2.05) is 6.07 Å². The first-order valence-electron chi connectivity index (χ1n) is 12.3. The van der Waals surface area contributed by atoms with Crippen LogP contribution in [0.15, 0.2) is 66.7 Å². The third-order valence-corrected chi connectivity index (χ3v) is 8.14. The predicted octanol–water partition coefficient (Wildman–Crippen LogP) is 4.47. The minimum absolute atomic E-state index is 0.282. The molecule has 1 atom stereocenters. The highest BCUT2D eigenvalue weighted by molar-refractivity contribution is 7.92. The van der Waals surface area contributed by atoms with Gasteiger partial charge >= 0.3 is 5.97 Å². The minimum atomic E-state index is -3.40. The summed E-state index contributed by atoms with van der Waals surface area (Å²) in [5, 5.41) is 10.2. The number of aromatic nitrogens is 3. The van der Waals surface area contributed by atoms with Crippen LogP contribution in [0, 0.1) is 5.82 Å². The molecule has 0 spiro atoms. The number of aliphatic carboxylic acids is 1. The second-order valence-corrected chi connectivity index (χ2v) is 11.8. The Bertz CT molecular complexity index is 1640. The fraction of sp³-hybridized carbons (Fsp3) is 0.214. The average Bonchev–Trinajstić information content (AvgIpc) is 3.31. The lowest BCUT2D eigenvalue weighted by molar-refractivity contribution is -0.136. The first kappa shape index (κ1) is 26.2. The highest BCUT2D eigenvalue weighted by atomic mass is 32.2. The van der Waals surface area contributed by atoms with Crippen molar-refractivity contribution in [1.29, 1.82) is 0 Å². The van der Waals surface area contributed by atoms with Gasteiger partial charge in [-0.3, -0.25) is 4.79 Å². The number of para-hydroxylation sites is 1. The quantitative estimate of drug-likeness (QED) is 0.317. The number of benzene rings is 3. The summed E-state index contributed by atoms with van der Waals surface area (Å²) in [6, 6.07) is 20.9. The molecule has 2 heterocycles. The molecule has 11 heteroatoms. The molecule has 0 amide bonds. The van der Waals surface area contributed by atoms with Crippen LogP contribution in [0.5, 0.6) is 0 Å². The van der Waals surface area contributed by atoms with Gasteiger partial charge in [-0.05, 0) is 48.7 Å². The summed E-state index contributed by atoms with van der Waals surface area (Å²) in [5.74, 6) is 0.0712. The van der Waals surface area contributed by atoms with E-state index < -0.39 is 21.1 Å². The topological polar surface area (TPSA) is 125 Å². The zero-order valence-electron chi connectivity index (χ0n) is 21.3. The molecule has 2 aliphatic carbocycles. The SMILES string of the molecule is CC(C(=O)O)S(C)(=O)=O.Fc1ccc(-c2nc(Nc3c4cccc3-4)nc(N3CCc4ccccc4C3)n2)cc1. The standard InChI is InChI=1S/C24H18FN5.C4H8O4S/c25-18-10-8-16(9-11-18)22-27-23(26-21-19-6-3-7-20(19)21)29-24(28-22)30-13-12-15-4-1-2-5-17(15)14-30;1-3(4(5)6)9(2,7)8/h1-11H,12-14H2,(H,26,27,28,29);3H,1-2H3,(H,5,6). The van der Waals surface area contributed by atoms with Crippen LogP contribution in [0.3, 0.4) is 0 Å². The molecule has 0 radical (unpaired) electrons. The summed E-state index contributed by atoms with van der Waals surface area (Å²) < 4.78 is 34.2. The molecule has 2 N–H and O–H groups in total. The second kappa shape index (κ2) is 10.4. The van der Waals surface area contributed by atoms with E-state index in [4.69, 9.17) is 15.1 Å². The summed E-state index contributed by atoms with van der Waals surface area (Å²) in [6.45, 7) is 2.73. The van der Waals surface area contributed by atoms with Gasteiger partial charge in [0.15, 0.2) is 20.9 Å². The van der Waals surface area contributed by atoms with Crippen molar-refractivity contribution in [3.05, 3.63) is 83.7 Å². The highest BCUT2D eigenvalue weighted by Gasteiger charge is 2.26. The summed E-state index contributed by atoms with van der Waals surface area (Å²) in [5.41, 5.74) is 6.88. The van der Waals surface area contributed by atoms with Crippen molar-refractivity contribution in [2.45, 2.75) is 25.1 Å². The van der Waals surface area contributed by atoms with Gasteiger partial charge in [-0.2, -0.15) is 15.0 Å². The third-order valence-electron chi connectivity index (χ3n) is 6.66. The molecule has 1 aromatic heterocycles. The smallest absolute Gasteiger partial charge is 0.321 e. The summed E-state index contributed by atoms with van der Waals surface area (Å²) in [4.78, 5) is 26.2. The Morgan fingerprint density at radius 1 is 0.974 bits per heavy atom. The first-order valence-corrected chi connectivity index (χ1v) is 14.2. The number of hydrogen-bond acceptors (Lipinski definition) is 8. The molecule has 1 unspecified atom stereocenters. The van der Waals surface area contributed by atoms with Crippen molar-refractivity contribution < 1.29 is 22.7 Å². The van der Waals surface area contributed by atoms with E-state index in [2.05, 4.69) is 51.6 Å². The van der Waals surface area contributed by atoms with E-state index in [0.29, 0.717) is 17.7 Å². The van der Waals surface area contributed by atoms with E-state index in [0.717, 1.165) is 43.9 Å². The van der Waals surface area contributed by atoms with Gasteiger partial charge in [-0.1, -0.05) is 42.5 Å². The maximum atomic E-state index is 13.4. The summed E-state index contributed by atoms with van der Waals surface area (Å²) in [7, 11) is -3.40. The molecule has 200 valence electrons. The lowest BCUT2D eigenvalue weighted by atomic mass is 10.0. The molecule has 0 fully saturated rings. The van der Waals surface area contributed by atoms with Crippen LogP contribution in [0.2, 0.25) is 0 Å². The van der Waals surface area contributed by atoms with Crippen LogP contribution in [0.25, 0.3) is 22.5 Å². The number of nitrogens with one attached hydrogen (secondary N) is 1. The number of carboxylic acid groups (broad SMARTS) is 1. The molecular formula is C28H26FN5O4S. The number of rotatable bonds is 6. The van der Waals surface area contributed by atoms with E-state index in [9.17, 15) is 17.6 Å². The van der Waals surface area contributed by atoms with Crippen LogP contribution in [0.1, 0.15) is 18.1 Å². The minimum Gasteiger partial charge on any atom is -0.480 e. The maximum Gasteiger partial charge on any atom is 0.321 e. The lowest BCUT2D eigenvalue weighted by Crippen LogP contribution is -2.32. The van der Waals surface area contributed by atoms with Gasteiger partial charge in [0.05, 0.1) is 5.69 Å². The second-order valence-electron chi connectivity index (χ2n) is 9.39. The Hall–Kier alpha value is -4.38. The number of hydrogen-bond donors (Lipinski definition) is 2. The molecule has 3 aliphatic rings. The number of anilines is 3. The van der Waals surface area contributed by atoms with Crippen molar-refractivity contribution in [2.24, 2.45) is 0 Å². The monoisotopic (exact) mass is 547 g/mol. The van der Waals surface area contributed by atoms with Crippen LogP contribution in [0.4, 0.5) is 22.0 Å². The molecular weight excluding hydrogens is 521 g/mol. The van der Waals surface area contributed by atoms with Gasteiger partial charge in [0.25, 0.3) is 0 Å². The van der Waals surface area contributed by atoms with Crippen LogP contribution < -0.4 is 10.2 Å². The number of fused-ring (bicyclic) bond motifs is 2. The van der Waals surface area contributed by atoms with E-state index in [1.54, 1.807) is 12.1 Å². The predicted molar refractivity (Wildman–Crippen MR) is 147 cm³/mol. The number of sulfone groups is 1.